The van der Waals surface area contributed by atoms with Crippen LogP contribution in [0.1, 0.15) is 11.7 Å². The number of aromatic nitrogens is 2. The fraction of sp³-hybridized carbons (Fsp3) is 0.667. The number of aliphatic hydroxyl groups excluding tert-OH is 1. The number of rotatable bonds is 3. The van der Waals surface area contributed by atoms with Gasteiger partial charge < -0.3 is 9.63 Å². The van der Waals surface area contributed by atoms with Gasteiger partial charge in [-0.3, -0.25) is 0 Å². The Kier molecular flexibility index (Phi) is 2.69. The van der Waals surface area contributed by atoms with E-state index in [9.17, 15) is 8.78 Å². The summed E-state index contributed by atoms with van der Waals surface area (Å²) in [5, 5.41) is 12.1. The smallest absolute Gasteiger partial charge is 0.264 e. The van der Waals surface area contributed by atoms with Crippen molar-refractivity contribution in [1.82, 2.24) is 10.1 Å². The van der Waals surface area contributed by atoms with Gasteiger partial charge in [-0.05, 0) is 6.92 Å². The summed E-state index contributed by atoms with van der Waals surface area (Å²) in [4.78, 5) is 3.66. The van der Waals surface area contributed by atoms with Gasteiger partial charge in [-0.1, -0.05) is 5.16 Å². The van der Waals surface area contributed by atoms with Crippen LogP contribution >= 0.6 is 0 Å². The molecule has 0 amide bonds. The van der Waals surface area contributed by atoms with E-state index < -0.39 is 12.5 Å². The number of alkyl halides is 2. The first kappa shape index (κ1) is 9.05. The second-order valence-electron chi connectivity index (χ2n) is 2.34. The molecule has 0 fully saturated rings. The summed E-state index contributed by atoms with van der Waals surface area (Å²) in [7, 11) is 0. The average Bonchev–Trinajstić information content (AvgIpc) is 2.35. The molecule has 1 aromatic heterocycles. The van der Waals surface area contributed by atoms with E-state index in [1.165, 1.54) is 0 Å². The largest absolute Gasteiger partial charge is 0.387 e. The van der Waals surface area contributed by atoms with Crippen molar-refractivity contribution >= 4 is 0 Å². The summed E-state index contributed by atoms with van der Waals surface area (Å²) in [5.41, 5.74) is 0. The molecular formula is C6H8F2N2O2. The fourth-order valence-corrected chi connectivity index (χ4v) is 0.691. The standard InChI is InChI=1S/C6H8F2N2O2/c1-3-9-5(12-10-3)2-4(11)6(7)8/h4,6,11H,2H2,1H3. The van der Waals surface area contributed by atoms with Gasteiger partial charge in [-0.15, -0.1) is 0 Å². The molecule has 1 heterocycles. The lowest BCUT2D eigenvalue weighted by atomic mass is 10.2. The van der Waals surface area contributed by atoms with E-state index in [0.29, 0.717) is 5.82 Å². The van der Waals surface area contributed by atoms with E-state index in [-0.39, 0.29) is 12.3 Å². The second-order valence-corrected chi connectivity index (χ2v) is 2.34. The Morgan fingerprint density at radius 1 is 1.58 bits per heavy atom. The van der Waals surface area contributed by atoms with E-state index >= 15 is 0 Å². The molecule has 1 atom stereocenters. The molecule has 4 nitrogen and oxygen atoms in total. The van der Waals surface area contributed by atoms with Crippen molar-refractivity contribution in [3.05, 3.63) is 11.7 Å². The lowest BCUT2D eigenvalue weighted by molar-refractivity contribution is -0.00754. The number of aliphatic hydroxyl groups is 1. The molecular weight excluding hydrogens is 170 g/mol. The van der Waals surface area contributed by atoms with Crippen LogP contribution in [0.3, 0.4) is 0 Å². The molecule has 0 aliphatic heterocycles. The van der Waals surface area contributed by atoms with E-state index in [1.807, 2.05) is 0 Å². The van der Waals surface area contributed by atoms with Crippen LogP contribution in [0.25, 0.3) is 0 Å². The average molecular weight is 178 g/mol. The van der Waals surface area contributed by atoms with E-state index in [1.54, 1.807) is 6.92 Å². The molecule has 0 aliphatic carbocycles. The van der Waals surface area contributed by atoms with Crippen molar-refractivity contribution in [2.45, 2.75) is 25.9 Å². The van der Waals surface area contributed by atoms with Gasteiger partial charge in [0.1, 0.15) is 6.10 Å². The molecule has 0 aromatic carbocycles. The third kappa shape index (κ3) is 2.23. The van der Waals surface area contributed by atoms with Gasteiger partial charge in [0, 0.05) is 0 Å². The molecule has 1 N–H and O–H groups in total. The zero-order chi connectivity index (χ0) is 9.14. The molecule has 1 aromatic rings. The lowest BCUT2D eigenvalue weighted by Crippen LogP contribution is -2.20. The maximum Gasteiger partial charge on any atom is 0.264 e. The summed E-state index contributed by atoms with van der Waals surface area (Å²) >= 11 is 0. The predicted molar refractivity (Wildman–Crippen MR) is 34.7 cm³/mol. The van der Waals surface area contributed by atoms with E-state index in [2.05, 4.69) is 14.7 Å². The van der Waals surface area contributed by atoms with Gasteiger partial charge in [-0.25, -0.2) is 8.78 Å². The van der Waals surface area contributed by atoms with Crippen molar-refractivity contribution < 1.29 is 18.4 Å². The first-order valence-corrected chi connectivity index (χ1v) is 3.35. The minimum Gasteiger partial charge on any atom is -0.387 e. The first-order valence-electron chi connectivity index (χ1n) is 3.35. The normalized spacial score (nSPS) is 13.8. The van der Waals surface area contributed by atoms with Crippen LogP contribution in [-0.2, 0) is 6.42 Å². The molecule has 1 unspecified atom stereocenters. The monoisotopic (exact) mass is 178 g/mol. The Labute approximate surface area is 67.2 Å². The third-order valence-corrected chi connectivity index (χ3v) is 1.24. The SMILES string of the molecule is Cc1noc(CC(O)C(F)F)n1. The highest BCUT2D eigenvalue weighted by Gasteiger charge is 2.20. The van der Waals surface area contributed by atoms with Gasteiger partial charge in [0.25, 0.3) is 6.43 Å². The highest BCUT2D eigenvalue weighted by Crippen LogP contribution is 2.07. The van der Waals surface area contributed by atoms with Gasteiger partial charge in [0.05, 0.1) is 6.42 Å². The van der Waals surface area contributed by atoms with Crippen LogP contribution in [0, 0.1) is 6.92 Å². The highest BCUT2D eigenvalue weighted by molar-refractivity contribution is 4.85. The Morgan fingerprint density at radius 3 is 2.67 bits per heavy atom. The predicted octanol–water partition coefficient (Wildman–Crippen LogP) is 0.547. The summed E-state index contributed by atoms with van der Waals surface area (Å²) in [6, 6.07) is 0. The van der Waals surface area contributed by atoms with Crippen molar-refractivity contribution in [2.24, 2.45) is 0 Å². The van der Waals surface area contributed by atoms with Gasteiger partial charge in [-0.2, -0.15) is 4.98 Å². The number of hydrogen-bond donors (Lipinski definition) is 1. The van der Waals surface area contributed by atoms with Crippen LogP contribution in [-0.4, -0.2) is 27.8 Å². The first-order chi connectivity index (χ1) is 5.59. The highest BCUT2D eigenvalue weighted by atomic mass is 19.3. The topological polar surface area (TPSA) is 59.2 Å². The molecule has 6 heteroatoms. The third-order valence-electron chi connectivity index (χ3n) is 1.24. The Hall–Kier alpha value is -1.04. The molecule has 68 valence electrons. The molecule has 12 heavy (non-hydrogen) atoms. The molecule has 0 aliphatic rings. The van der Waals surface area contributed by atoms with Gasteiger partial charge in [0.2, 0.25) is 5.89 Å². The molecule has 0 spiro atoms. The fourth-order valence-electron chi connectivity index (χ4n) is 0.691. The molecule has 0 bridgehead atoms. The Balaban J connectivity index is 2.52. The summed E-state index contributed by atoms with van der Waals surface area (Å²) in [6.45, 7) is 1.57. The van der Waals surface area contributed by atoms with Gasteiger partial charge >= 0.3 is 0 Å². The van der Waals surface area contributed by atoms with Crippen molar-refractivity contribution in [3.63, 3.8) is 0 Å². The second kappa shape index (κ2) is 3.57. The Morgan fingerprint density at radius 2 is 2.25 bits per heavy atom. The lowest BCUT2D eigenvalue weighted by Gasteiger charge is -2.04. The zero-order valence-corrected chi connectivity index (χ0v) is 6.37. The minimum atomic E-state index is -2.78. The van der Waals surface area contributed by atoms with Crippen molar-refractivity contribution in [2.75, 3.05) is 0 Å². The number of aryl methyl sites for hydroxylation is 1. The minimum absolute atomic E-state index is 0.0281. The van der Waals surface area contributed by atoms with Gasteiger partial charge in [0.15, 0.2) is 5.82 Å². The van der Waals surface area contributed by atoms with Crippen LogP contribution < -0.4 is 0 Å². The van der Waals surface area contributed by atoms with Crippen molar-refractivity contribution in [1.29, 1.82) is 0 Å². The zero-order valence-electron chi connectivity index (χ0n) is 6.37. The maximum absolute atomic E-state index is 11.8. The Bertz CT molecular complexity index is 251. The van der Waals surface area contributed by atoms with Crippen LogP contribution in [0.2, 0.25) is 0 Å². The summed E-state index contributed by atoms with van der Waals surface area (Å²) in [5.74, 6) is 0.395. The summed E-state index contributed by atoms with van der Waals surface area (Å²) < 4.78 is 28.1. The number of halogens is 2. The van der Waals surface area contributed by atoms with Crippen LogP contribution in [0.15, 0.2) is 4.52 Å². The quantitative estimate of drug-likeness (QED) is 0.734. The number of nitrogens with zero attached hydrogens (tertiary/aromatic N) is 2. The molecule has 1 rings (SSSR count). The van der Waals surface area contributed by atoms with E-state index in [0.717, 1.165) is 0 Å². The molecule has 0 saturated heterocycles. The summed E-state index contributed by atoms with van der Waals surface area (Å²) in [6.07, 6.45) is -4.82. The van der Waals surface area contributed by atoms with Crippen molar-refractivity contribution in [3.8, 4) is 0 Å². The van der Waals surface area contributed by atoms with E-state index in [4.69, 9.17) is 5.11 Å². The van der Waals surface area contributed by atoms with Crippen LogP contribution in [0.5, 0.6) is 0 Å². The molecule has 0 radical (unpaired) electrons. The van der Waals surface area contributed by atoms with Crippen LogP contribution in [0.4, 0.5) is 8.78 Å². The maximum atomic E-state index is 11.8. The molecule has 0 saturated carbocycles. The number of hydrogen-bond acceptors (Lipinski definition) is 4.